The van der Waals surface area contributed by atoms with E-state index >= 15 is 0 Å². The molecule has 2 amide bonds. The van der Waals surface area contributed by atoms with Crippen LogP contribution in [0.1, 0.15) is 43.2 Å². The number of carboxylic acids is 1. The van der Waals surface area contributed by atoms with Gasteiger partial charge in [0.05, 0.1) is 13.1 Å². The van der Waals surface area contributed by atoms with E-state index in [1.165, 1.54) is 22.3 Å². The van der Waals surface area contributed by atoms with Crippen molar-refractivity contribution in [2.24, 2.45) is 0 Å². The Morgan fingerprint density at radius 1 is 1.03 bits per heavy atom. The van der Waals surface area contributed by atoms with Crippen molar-refractivity contribution in [3.05, 3.63) is 59.7 Å². The van der Waals surface area contributed by atoms with Crippen LogP contribution >= 0.6 is 0 Å². The molecule has 2 N–H and O–H groups in total. The van der Waals surface area contributed by atoms with Gasteiger partial charge in [0, 0.05) is 18.9 Å². The van der Waals surface area contributed by atoms with E-state index in [0.717, 1.165) is 0 Å². The van der Waals surface area contributed by atoms with Crippen molar-refractivity contribution in [3.63, 3.8) is 0 Å². The second kappa shape index (κ2) is 10.3. The maximum Gasteiger partial charge on any atom is 0.407 e. The Hall–Kier alpha value is -3.39. The lowest BCUT2D eigenvalue weighted by atomic mass is 9.95. The van der Waals surface area contributed by atoms with Crippen LogP contribution in [0.3, 0.4) is 0 Å². The predicted molar refractivity (Wildman–Crippen MR) is 125 cm³/mol. The third-order valence-electron chi connectivity index (χ3n) is 6.38. The number of amides is 2. The Balaban J connectivity index is 1.13. The van der Waals surface area contributed by atoms with E-state index in [9.17, 15) is 14.4 Å². The molecule has 34 heavy (non-hydrogen) atoms. The fourth-order valence-corrected chi connectivity index (χ4v) is 4.66. The van der Waals surface area contributed by atoms with Crippen molar-refractivity contribution in [1.82, 2.24) is 10.2 Å². The number of nitrogens with zero attached hydrogens (tertiary/aromatic N) is 1. The Kier molecular flexibility index (Phi) is 7.17. The molecule has 1 saturated heterocycles. The molecular weight excluding hydrogens is 436 g/mol. The van der Waals surface area contributed by atoms with Crippen molar-refractivity contribution >= 4 is 18.0 Å². The van der Waals surface area contributed by atoms with Crippen molar-refractivity contribution in [2.45, 2.75) is 37.7 Å². The van der Waals surface area contributed by atoms with Gasteiger partial charge in [0.2, 0.25) is 5.91 Å². The maximum absolute atomic E-state index is 12.2. The number of aliphatic carboxylic acids is 1. The third kappa shape index (κ3) is 5.39. The summed E-state index contributed by atoms with van der Waals surface area (Å²) >= 11 is 0. The minimum absolute atomic E-state index is 0.0116. The monoisotopic (exact) mass is 466 g/mol. The number of rotatable bonds is 10. The van der Waals surface area contributed by atoms with Crippen LogP contribution < -0.4 is 5.32 Å². The van der Waals surface area contributed by atoms with Gasteiger partial charge < -0.3 is 24.8 Å². The van der Waals surface area contributed by atoms with Gasteiger partial charge >= 0.3 is 12.1 Å². The number of carboxylic acid groups (broad SMARTS) is 1. The predicted octanol–water partition coefficient (Wildman–Crippen LogP) is 3.40. The lowest BCUT2D eigenvalue weighted by Crippen LogP contribution is -2.63. The molecule has 180 valence electrons. The summed E-state index contributed by atoms with van der Waals surface area (Å²) in [5.74, 6) is -0.982. The number of carbonyl (C=O) groups is 3. The molecule has 0 atom stereocenters. The van der Waals surface area contributed by atoms with E-state index in [1.54, 1.807) is 11.8 Å². The van der Waals surface area contributed by atoms with Crippen LogP contribution in [-0.2, 0) is 19.1 Å². The number of carbonyl (C=O) groups excluding carboxylic acids is 2. The summed E-state index contributed by atoms with van der Waals surface area (Å²) in [5.41, 5.74) is 4.14. The smallest absolute Gasteiger partial charge is 0.407 e. The topological polar surface area (TPSA) is 105 Å². The third-order valence-corrected chi connectivity index (χ3v) is 6.38. The van der Waals surface area contributed by atoms with Crippen LogP contribution in [0, 0.1) is 0 Å². The molecule has 1 heterocycles. The van der Waals surface area contributed by atoms with Gasteiger partial charge in [-0.3, -0.25) is 4.79 Å². The molecular formula is C26H30N2O6. The van der Waals surface area contributed by atoms with E-state index in [4.69, 9.17) is 14.6 Å². The Morgan fingerprint density at radius 3 is 2.26 bits per heavy atom. The van der Waals surface area contributed by atoms with E-state index in [2.05, 4.69) is 29.6 Å². The number of unbranched alkanes of at least 4 members (excludes halogenated alkanes) is 1. The molecule has 0 saturated carbocycles. The number of fused-ring (bicyclic) bond motifs is 3. The fourth-order valence-electron chi connectivity index (χ4n) is 4.66. The minimum atomic E-state index is -1.02. The minimum Gasteiger partial charge on any atom is -0.480 e. The largest absolute Gasteiger partial charge is 0.480 e. The molecule has 0 radical (unpaired) electrons. The van der Waals surface area contributed by atoms with Crippen LogP contribution in [0.4, 0.5) is 4.79 Å². The molecule has 1 aliphatic heterocycles. The van der Waals surface area contributed by atoms with Crippen LogP contribution in [0.25, 0.3) is 11.1 Å². The highest BCUT2D eigenvalue weighted by Gasteiger charge is 2.42. The zero-order chi connectivity index (χ0) is 24.1. The van der Waals surface area contributed by atoms with E-state index < -0.39 is 17.7 Å². The molecule has 2 aromatic rings. The van der Waals surface area contributed by atoms with Crippen molar-refractivity contribution < 1.29 is 29.0 Å². The molecule has 4 rings (SSSR count). The normalized spacial score (nSPS) is 15.7. The average Bonchev–Trinajstić information content (AvgIpc) is 3.13. The highest BCUT2D eigenvalue weighted by atomic mass is 16.5. The van der Waals surface area contributed by atoms with Gasteiger partial charge in [-0.2, -0.15) is 0 Å². The van der Waals surface area contributed by atoms with Crippen LogP contribution in [0.2, 0.25) is 0 Å². The Morgan fingerprint density at radius 2 is 1.65 bits per heavy atom. The van der Waals surface area contributed by atoms with Gasteiger partial charge in [-0.15, -0.1) is 0 Å². The zero-order valence-corrected chi connectivity index (χ0v) is 19.3. The number of hydrogen-bond acceptors (Lipinski definition) is 5. The van der Waals surface area contributed by atoms with Gasteiger partial charge in [-0.1, -0.05) is 48.5 Å². The van der Waals surface area contributed by atoms with Gasteiger partial charge in [-0.25, -0.2) is 9.59 Å². The molecule has 8 nitrogen and oxygen atoms in total. The first-order valence-electron chi connectivity index (χ1n) is 11.6. The summed E-state index contributed by atoms with van der Waals surface area (Å²) < 4.78 is 10.8. The quantitative estimate of drug-likeness (QED) is 0.520. The molecule has 0 aromatic heterocycles. The van der Waals surface area contributed by atoms with Crippen LogP contribution in [0.15, 0.2) is 48.5 Å². The molecule has 0 spiro atoms. The average molecular weight is 467 g/mol. The summed E-state index contributed by atoms with van der Waals surface area (Å²) in [4.78, 5) is 36.7. The number of nitrogens with one attached hydrogen (secondary N) is 1. The molecule has 1 fully saturated rings. The second-order valence-corrected chi connectivity index (χ2v) is 9.09. The standard InChI is InChI=1S/C26H30N2O6/c1-26(34-15-24(30)31)16-28(17-26)23(29)12-6-7-13-27-25(32)33-14-22-20-10-4-2-8-18(20)19-9-3-5-11-21(19)22/h2-5,8-11,22H,6-7,12-17H2,1H3,(H,27,32)(H,30,31). The van der Waals surface area contributed by atoms with E-state index in [-0.39, 0.29) is 25.0 Å². The van der Waals surface area contributed by atoms with Crippen LogP contribution in [-0.4, -0.2) is 66.4 Å². The van der Waals surface area contributed by atoms with Gasteiger partial charge in [-0.05, 0) is 42.0 Å². The number of benzene rings is 2. The first-order valence-corrected chi connectivity index (χ1v) is 11.6. The summed E-state index contributed by atoms with van der Waals surface area (Å²) in [6.45, 7) is 2.95. The Labute approximate surface area is 198 Å². The zero-order valence-electron chi connectivity index (χ0n) is 19.3. The SMILES string of the molecule is CC1(OCC(=O)O)CN(C(=O)CCCCNC(=O)OCC2c3ccccc3-c3ccccc32)C1. The molecule has 0 bridgehead atoms. The summed E-state index contributed by atoms with van der Waals surface area (Å²) in [7, 11) is 0. The highest BCUT2D eigenvalue weighted by Crippen LogP contribution is 2.44. The molecule has 2 aliphatic rings. The fraction of sp³-hybridized carbons (Fsp3) is 0.423. The first kappa shape index (κ1) is 23.8. The van der Waals surface area contributed by atoms with Crippen LogP contribution in [0.5, 0.6) is 0 Å². The maximum atomic E-state index is 12.2. The number of alkyl carbamates (subject to hydrolysis) is 1. The first-order chi connectivity index (χ1) is 16.4. The van der Waals surface area contributed by atoms with E-state index in [0.29, 0.717) is 38.9 Å². The lowest BCUT2D eigenvalue weighted by molar-refractivity contribution is -0.173. The lowest BCUT2D eigenvalue weighted by Gasteiger charge is -2.47. The van der Waals surface area contributed by atoms with Gasteiger partial charge in [0.25, 0.3) is 0 Å². The van der Waals surface area contributed by atoms with Crippen molar-refractivity contribution in [1.29, 1.82) is 0 Å². The Bertz CT molecular complexity index is 1020. The summed E-state index contributed by atoms with van der Waals surface area (Å²) in [6, 6.07) is 16.4. The highest BCUT2D eigenvalue weighted by molar-refractivity contribution is 5.79. The van der Waals surface area contributed by atoms with E-state index in [1.807, 2.05) is 24.3 Å². The van der Waals surface area contributed by atoms with Crippen molar-refractivity contribution in [3.8, 4) is 11.1 Å². The number of hydrogen-bond donors (Lipinski definition) is 2. The summed E-state index contributed by atoms with van der Waals surface area (Å²) in [5, 5.41) is 11.5. The number of ether oxygens (including phenoxy) is 2. The van der Waals surface area contributed by atoms with Gasteiger partial charge in [0.15, 0.2) is 0 Å². The number of likely N-dealkylation sites (tertiary alicyclic amines) is 1. The molecule has 8 heteroatoms. The molecule has 2 aromatic carbocycles. The van der Waals surface area contributed by atoms with Crippen molar-refractivity contribution in [2.75, 3.05) is 32.8 Å². The second-order valence-electron chi connectivity index (χ2n) is 9.09. The van der Waals surface area contributed by atoms with Gasteiger partial charge in [0.1, 0.15) is 18.8 Å². The molecule has 1 aliphatic carbocycles. The molecule has 0 unspecified atom stereocenters. The summed E-state index contributed by atoms with van der Waals surface area (Å²) in [6.07, 6.45) is 1.23.